The summed E-state index contributed by atoms with van der Waals surface area (Å²) in [5, 5.41) is 9.48. The Morgan fingerprint density at radius 3 is 2.75 bits per heavy atom. The van der Waals surface area contributed by atoms with E-state index >= 15 is 0 Å². The minimum absolute atomic E-state index is 0.0140. The number of carbonyl (C=O) groups excluding carboxylic acids is 1. The van der Waals surface area contributed by atoms with Gasteiger partial charge in [0.1, 0.15) is 5.75 Å². The van der Waals surface area contributed by atoms with E-state index in [1.165, 1.54) is 23.1 Å². The largest absolute Gasteiger partial charge is 0.508 e. The van der Waals surface area contributed by atoms with Gasteiger partial charge < -0.3 is 10.0 Å². The summed E-state index contributed by atoms with van der Waals surface area (Å²) in [4.78, 5) is 13.4. The summed E-state index contributed by atoms with van der Waals surface area (Å²) < 4.78 is 0. The van der Waals surface area contributed by atoms with E-state index in [0.717, 1.165) is 0 Å². The van der Waals surface area contributed by atoms with Crippen LogP contribution in [-0.4, -0.2) is 34.9 Å². The maximum absolute atomic E-state index is 11.9. The molecule has 1 N–H and O–H groups in total. The van der Waals surface area contributed by atoms with E-state index in [1.54, 1.807) is 14.0 Å². The van der Waals surface area contributed by atoms with E-state index in [1.807, 2.05) is 0 Å². The molecule has 1 amide bonds. The predicted molar refractivity (Wildman–Crippen MR) is 65.4 cm³/mol. The normalized spacial score (nSPS) is 12.2. The van der Waals surface area contributed by atoms with Gasteiger partial charge in [-0.1, -0.05) is 11.6 Å². The zero-order chi connectivity index (χ0) is 12.3. The first-order valence-electron chi connectivity index (χ1n) is 4.80. The van der Waals surface area contributed by atoms with Crippen LogP contribution < -0.4 is 0 Å². The minimum Gasteiger partial charge on any atom is -0.508 e. The highest BCUT2D eigenvalue weighted by Gasteiger charge is 2.16. The number of amides is 1. The monoisotopic (exact) mass is 261 g/mol. The van der Waals surface area contributed by atoms with Crippen LogP contribution in [0.4, 0.5) is 0 Å². The van der Waals surface area contributed by atoms with Crippen LogP contribution in [0.2, 0.25) is 5.02 Å². The van der Waals surface area contributed by atoms with Crippen molar-refractivity contribution in [1.29, 1.82) is 0 Å². The summed E-state index contributed by atoms with van der Waals surface area (Å²) in [6.07, 6.45) is 0. The molecular weight excluding hydrogens is 249 g/mol. The summed E-state index contributed by atoms with van der Waals surface area (Å²) >= 11 is 11.7. The Morgan fingerprint density at radius 1 is 1.56 bits per heavy atom. The molecule has 0 aliphatic carbocycles. The maximum atomic E-state index is 11.9. The number of carbonyl (C=O) groups is 1. The van der Waals surface area contributed by atoms with Crippen molar-refractivity contribution in [3.8, 4) is 5.75 Å². The van der Waals surface area contributed by atoms with Gasteiger partial charge in [0, 0.05) is 19.0 Å². The van der Waals surface area contributed by atoms with Gasteiger partial charge in [-0.2, -0.15) is 0 Å². The number of phenols is 1. The second kappa shape index (κ2) is 5.41. The number of rotatable bonds is 3. The highest BCUT2D eigenvalue weighted by Crippen LogP contribution is 2.22. The molecule has 0 saturated carbocycles. The Balaban J connectivity index is 2.91. The van der Waals surface area contributed by atoms with E-state index in [4.69, 9.17) is 23.2 Å². The Labute approximate surface area is 105 Å². The standard InChI is InChI=1S/C11H13Cl2NO2/c1-7(12)6-14(2)11(16)9-5-8(15)3-4-10(9)13/h3-5,7,15H,6H2,1-2H3. The molecule has 0 heterocycles. The molecule has 1 aromatic carbocycles. The van der Waals surface area contributed by atoms with Crippen molar-refractivity contribution in [2.45, 2.75) is 12.3 Å². The molecule has 1 aromatic rings. The Morgan fingerprint density at radius 2 is 2.19 bits per heavy atom. The SMILES string of the molecule is CC(Cl)CN(C)C(=O)c1cc(O)ccc1Cl. The van der Waals surface area contributed by atoms with Crippen molar-refractivity contribution in [2.75, 3.05) is 13.6 Å². The quantitative estimate of drug-likeness (QED) is 0.851. The third-order valence-corrected chi connectivity index (χ3v) is 2.52. The van der Waals surface area contributed by atoms with E-state index in [-0.39, 0.29) is 22.6 Å². The first kappa shape index (κ1) is 13.1. The van der Waals surface area contributed by atoms with Crippen LogP contribution in [0.1, 0.15) is 17.3 Å². The van der Waals surface area contributed by atoms with Crippen molar-refractivity contribution < 1.29 is 9.90 Å². The fraction of sp³-hybridized carbons (Fsp3) is 0.364. The maximum Gasteiger partial charge on any atom is 0.255 e. The van der Waals surface area contributed by atoms with Crippen molar-refractivity contribution in [2.24, 2.45) is 0 Å². The summed E-state index contributed by atoms with van der Waals surface area (Å²) in [7, 11) is 1.64. The average molecular weight is 262 g/mol. The van der Waals surface area contributed by atoms with Gasteiger partial charge in [0.15, 0.2) is 0 Å². The van der Waals surface area contributed by atoms with Gasteiger partial charge in [0.05, 0.1) is 10.6 Å². The summed E-state index contributed by atoms with van der Waals surface area (Å²) in [6, 6.07) is 4.27. The highest BCUT2D eigenvalue weighted by molar-refractivity contribution is 6.33. The number of phenolic OH excluding ortho intramolecular Hbond substituents is 1. The van der Waals surface area contributed by atoms with Crippen LogP contribution in [0.25, 0.3) is 0 Å². The lowest BCUT2D eigenvalue weighted by molar-refractivity contribution is 0.0796. The molecule has 16 heavy (non-hydrogen) atoms. The molecule has 88 valence electrons. The van der Waals surface area contributed by atoms with Gasteiger partial charge in [-0.25, -0.2) is 0 Å². The summed E-state index contributed by atoms with van der Waals surface area (Å²) in [6.45, 7) is 2.22. The smallest absolute Gasteiger partial charge is 0.255 e. The van der Waals surface area contributed by atoms with Gasteiger partial charge in [-0.05, 0) is 25.1 Å². The van der Waals surface area contributed by atoms with Gasteiger partial charge in [-0.15, -0.1) is 11.6 Å². The Hall–Kier alpha value is -0.930. The van der Waals surface area contributed by atoms with Crippen LogP contribution in [0, 0.1) is 0 Å². The first-order chi connectivity index (χ1) is 7.41. The van der Waals surface area contributed by atoms with Crippen LogP contribution in [0.5, 0.6) is 5.75 Å². The van der Waals surface area contributed by atoms with Crippen molar-refractivity contribution in [1.82, 2.24) is 4.90 Å². The van der Waals surface area contributed by atoms with Crippen LogP contribution >= 0.6 is 23.2 Å². The van der Waals surface area contributed by atoms with Crippen LogP contribution in [0.15, 0.2) is 18.2 Å². The van der Waals surface area contributed by atoms with E-state index in [0.29, 0.717) is 11.6 Å². The lowest BCUT2D eigenvalue weighted by Gasteiger charge is -2.19. The molecule has 0 aliphatic heterocycles. The molecule has 1 atom stereocenters. The molecule has 0 aliphatic rings. The Kier molecular flexibility index (Phi) is 4.44. The summed E-state index contributed by atoms with van der Waals surface area (Å²) in [5.41, 5.74) is 0.279. The van der Waals surface area contributed by atoms with Crippen molar-refractivity contribution in [3.63, 3.8) is 0 Å². The molecule has 5 heteroatoms. The molecule has 3 nitrogen and oxygen atoms in total. The second-order valence-corrected chi connectivity index (χ2v) is 4.78. The molecule has 0 bridgehead atoms. The zero-order valence-corrected chi connectivity index (χ0v) is 10.6. The van der Waals surface area contributed by atoms with Crippen LogP contribution in [-0.2, 0) is 0 Å². The first-order valence-corrected chi connectivity index (χ1v) is 5.61. The van der Waals surface area contributed by atoms with E-state index in [9.17, 15) is 9.90 Å². The molecular formula is C11H13Cl2NO2. The Bertz CT molecular complexity index is 394. The zero-order valence-electron chi connectivity index (χ0n) is 9.08. The average Bonchev–Trinajstić information content (AvgIpc) is 2.19. The van der Waals surface area contributed by atoms with Crippen LogP contribution in [0.3, 0.4) is 0 Å². The topological polar surface area (TPSA) is 40.5 Å². The van der Waals surface area contributed by atoms with E-state index < -0.39 is 0 Å². The predicted octanol–water partition coefficient (Wildman–Crippen LogP) is 2.74. The molecule has 1 unspecified atom stereocenters. The molecule has 0 spiro atoms. The fourth-order valence-electron chi connectivity index (χ4n) is 1.34. The molecule has 0 radical (unpaired) electrons. The van der Waals surface area contributed by atoms with E-state index in [2.05, 4.69) is 0 Å². The number of halogens is 2. The molecule has 0 fully saturated rings. The van der Waals surface area contributed by atoms with Crippen molar-refractivity contribution >= 4 is 29.1 Å². The molecule has 0 aromatic heterocycles. The second-order valence-electron chi connectivity index (χ2n) is 3.63. The number of benzene rings is 1. The summed E-state index contributed by atoms with van der Waals surface area (Å²) in [5.74, 6) is -0.242. The third-order valence-electron chi connectivity index (χ3n) is 2.05. The lowest BCUT2D eigenvalue weighted by Crippen LogP contribution is -2.31. The molecule has 0 saturated heterocycles. The number of hydrogen-bond acceptors (Lipinski definition) is 2. The lowest BCUT2D eigenvalue weighted by atomic mass is 10.2. The number of alkyl halides is 1. The number of hydrogen-bond donors (Lipinski definition) is 1. The number of aromatic hydroxyl groups is 1. The third kappa shape index (κ3) is 3.29. The fourth-order valence-corrected chi connectivity index (χ4v) is 1.75. The van der Waals surface area contributed by atoms with Gasteiger partial charge in [0.2, 0.25) is 0 Å². The van der Waals surface area contributed by atoms with Gasteiger partial charge in [-0.3, -0.25) is 4.79 Å². The molecule has 1 rings (SSSR count). The van der Waals surface area contributed by atoms with Gasteiger partial charge in [0.25, 0.3) is 5.91 Å². The number of nitrogens with zero attached hydrogens (tertiary/aromatic N) is 1. The minimum atomic E-state index is -0.256. The highest BCUT2D eigenvalue weighted by atomic mass is 35.5. The van der Waals surface area contributed by atoms with Crippen molar-refractivity contribution in [3.05, 3.63) is 28.8 Å². The van der Waals surface area contributed by atoms with Gasteiger partial charge >= 0.3 is 0 Å².